The SMILES string of the molecule is CCC(C)C(NC(=O)COC(=O)c1cc(S(N)(=O)=O)ccc1F)C(=O)OC. The summed E-state index contributed by atoms with van der Waals surface area (Å²) in [5, 5.41) is 7.30. The van der Waals surface area contributed by atoms with Crippen molar-refractivity contribution in [1.29, 1.82) is 0 Å². The van der Waals surface area contributed by atoms with Crippen molar-refractivity contribution in [2.45, 2.75) is 31.2 Å². The molecule has 0 aliphatic rings. The molecule has 0 heterocycles. The summed E-state index contributed by atoms with van der Waals surface area (Å²) in [4.78, 5) is 35.1. The van der Waals surface area contributed by atoms with E-state index in [2.05, 4.69) is 14.8 Å². The molecule has 2 atom stereocenters. The summed E-state index contributed by atoms with van der Waals surface area (Å²) in [6.07, 6.45) is 0.575. The second kappa shape index (κ2) is 9.42. The summed E-state index contributed by atoms with van der Waals surface area (Å²) in [5.74, 6) is -4.00. The Hall–Kier alpha value is -2.53. The molecule has 150 valence electrons. The number of halogens is 1. The van der Waals surface area contributed by atoms with Crippen molar-refractivity contribution in [2.75, 3.05) is 13.7 Å². The number of methoxy groups -OCH3 is 1. The van der Waals surface area contributed by atoms with E-state index in [1.54, 1.807) is 6.92 Å². The number of nitrogens with two attached hydrogens (primary N) is 1. The number of benzene rings is 1. The van der Waals surface area contributed by atoms with Crippen molar-refractivity contribution in [3.05, 3.63) is 29.6 Å². The van der Waals surface area contributed by atoms with Gasteiger partial charge in [-0.15, -0.1) is 0 Å². The Bertz CT molecular complexity index is 826. The van der Waals surface area contributed by atoms with E-state index in [0.717, 1.165) is 12.1 Å². The number of esters is 2. The van der Waals surface area contributed by atoms with Crippen molar-refractivity contribution in [3.8, 4) is 0 Å². The highest BCUT2D eigenvalue weighted by atomic mass is 32.2. The lowest BCUT2D eigenvalue weighted by atomic mass is 9.99. The van der Waals surface area contributed by atoms with Gasteiger partial charge in [0.1, 0.15) is 11.9 Å². The fourth-order valence-corrected chi connectivity index (χ4v) is 2.60. The molecule has 2 unspecified atom stereocenters. The molecule has 0 bridgehead atoms. The number of hydrogen-bond donors (Lipinski definition) is 2. The first-order valence-corrected chi connectivity index (χ1v) is 9.42. The van der Waals surface area contributed by atoms with Crippen LogP contribution >= 0.6 is 0 Å². The predicted molar refractivity (Wildman–Crippen MR) is 91.5 cm³/mol. The number of primary sulfonamides is 1. The third-order valence-corrected chi connectivity index (χ3v) is 4.72. The normalized spacial score (nSPS) is 13.4. The van der Waals surface area contributed by atoms with Gasteiger partial charge in [-0.3, -0.25) is 4.79 Å². The fraction of sp³-hybridized carbons (Fsp3) is 0.438. The van der Waals surface area contributed by atoms with E-state index < -0.39 is 56.8 Å². The molecule has 1 amide bonds. The minimum atomic E-state index is -4.15. The van der Waals surface area contributed by atoms with Gasteiger partial charge in [-0.25, -0.2) is 27.5 Å². The number of nitrogens with one attached hydrogen (secondary N) is 1. The van der Waals surface area contributed by atoms with Gasteiger partial charge in [0.25, 0.3) is 5.91 Å². The lowest BCUT2D eigenvalue weighted by Gasteiger charge is -2.21. The lowest BCUT2D eigenvalue weighted by Crippen LogP contribution is -2.47. The van der Waals surface area contributed by atoms with Gasteiger partial charge in [-0.05, 0) is 24.1 Å². The quantitative estimate of drug-likeness (QED) is 0.595. The monoisotopic (exact) mass is 404 g/mol. The van der Waals surface area contributed by atoms with E-state index in [4.69, 9.17) is 5.14 Å². The number of sulfonamides is 1. The topological polar surface area (TPSA) is 142 Å². The Morgan fingerprint density at radius 2 is 1.93 bits per heavy atom. The summed E-state index contributed by atoms with van der Waals surface area (Å²) in [6.45, 7) is 2.73. The number of carbonyl (C=O) groups excluding carboxylic acids is 3. The molecule has 0 radical (unpaired) electrons. The lowest BCUT2D eigenvalue weighted by molar-refractivity contribution is -0.147. The maximum Gasteiger partial charge on any atom is 0.341 e. The number of hydrogen-bond acceptors (Lipinski definition) is 7. The van der Waals surface area contributed by atoms with Crippen LogP contribution in [0.2, 0.25) is 0 Å². The highest BCUT2D eigenvalue weighted by Crippen LogP contribution is 2.15. The second-order valence-electron chi connectivity index (χ2n) is 5.72. The average Bonchev–Trinajstić information content (AvgIpc) is 2.62. The van der Waals surface area contributed by atoms with Crippen LogP contribution < -0.4 is 10.5 Å². The Balaban J connectivity index is 2.82. The molecule has 3 N–H and O–H groups in total. The fourth-order valence-electron chi connectivity index (χ4n) is 2.06. The summed E-state index contributed by atoms with van der Waals surface area (Å²) in [7, 11) is -2.98. The maximum absolute atomic E-state index is 13.7. The van der Waals surface area contributed by atoms with Crippen molar-refractivity contribution >= 4 is 27.9 Å². The molecule has 1 aromatic carbocycles. The van der Waals surface area contributed by atoms with E-state index in [1.807, 2.05) is 6.92 Å². The standard InChI is InChI=1S/C16H21FN2O7S/c1-4-9(2)14(16(22)25-3)19-13(20)8-26-15(21)11-7-10(27(18,23)24)5-6-12(11)17/h5-7,9,14H,4,8H2,1-3H3,(H,19,20)(H2,18,23,24). The third-order valence-electron chi connectivity index (χ3n) is 3.81. The van der Waals surface area contributed by atoms with Crippen molar-refractivity contribution in [1.82, 2.24) is 5.32 Å². The summed E-state index contributed by atoms with van der Waals surface area (Å²) in [6, 6.07) is 1.41. The molecule has 0 aliphatic carbocycles. The van der Waals surface area contributed by atoms with Gasteiger partial charge in [0.2, 0.25) is 10.0 Å². The number of ether oxygens (including phenoxy) is 2. The largest absolute Gasteiger partial charge is 0.467 e. The second-order valence-corrected chi connectivity index (χ2v) is 7.28. The summed E-state index contributed by atoms with van der Waals surface area (Å²) in [5.41, 5.74) is -0.694. The average molecular weight is 404 g/mol. The minimum absolute atomic E-state index is 0.235. The zero-order valence-electron chi connectivity index (χ0n) is 15.0. The molecule has 11 heteroatoms. The van der Waals surface area contributed by atoms with Gasteiger partial charge in [-0.2, -0.15) is 0 Å². The minimum Gasteiger partial charge on any atom is -0.467 e. The first-order valence-electron chi connectivity index (χ1n) is 7.87. The summed E-state index contributed by atoms with van der Waals surface area (Å²) < 4.78 is 45.6. The van der Waals surface area contributed by atoms with Crippen LogP contribution in [0.1, 0.15) is 30.6 Å². The Labute approximate surface area is 156 Å². The van der Waals surface area contributed by atoms with E-state index in [-0.39, 0.29) is 5.92 Å². The van der Waals surface area contributed by atoms with Crippen LogP contribution in [0.5, 0.6) is 0 Å². The smallest absolute Gasteiger partial charge is 0.341 e. The zero-order valence-corrected chi connectivity index (χ0v) is 15.8. The number of carbonyl (C=O) groups is 3. The van der Waals surface area contributed by atoms with E-state index in [0.29, 0.717) is 12.5 Å². The van der Waals surface area contributed by atoms with Gasteiger partial charge < -0.3 is 14.8 Å². The number of rotatable bonds is 8. The van der Waals surface area contributed by atoms with Crippen LogP contribution in [0.25, 0.3) is 0 Å². The predicted octanol–water partition coefficient (Wildman–Crippen LogP) is 0.334. The van der Waals surface area contributed by atoms with Gasteiger partial charge in [0.15, 0.2) is 6.61 Å². The van der Waals surface area contributed by atoms with E-state index >= 15 is 0 Å². The van der Waals surface area contributed by atoms with Crippen molar-refractivity contribution < 1.29 is 36.7 Å². The van der Waals surface area contributed by atoms with Gasteiger partial charge in [0.05, 0.1) is 17.6 Å². The molecule has 1 rings (SSSR count). The van der Waals surface area contributed by atoms with Crippen molar-refractivity contribution in [2.24, 2.45) is 11.1 Å². The van der Waals surface area contributed by atoms with Crippen LogP contribution in [0.15, 0.2) is 23.1 Å². The third kappa shape index (κ3) is 6.29. The van der Waals surface area contributed by atoms with Crippen LogP contribution in [-0.4, -0.2) is 46.0 Å². The molecule has 0 aliphatic heterocycles. The highest BCUT2D eigenvalue weighted by molar-refractivity contribution is 7.89. The molecular formula is C16H21FN2O7S. The Kier molecular flexibility index (Phi) is 7.85. The van der Waals surface area contributed by atoms with Gasteiger partial charge in [-0.1, -0.05) is 20.3 Å². The van der Waals surface area contributed by atoms with Gasteiger partial charge in [0, 0.05) is 0 Å². The van der Waals surface area contributed by atoms with Gasteiger partial charge >= 0.3 is 11.9 Å². The molecule has 0 aromatic heterocycles. The Morgan fingerprint density at radius 1 is 1.30 bits per heavy atom. The highest BCUT2D eigenvalue weighted by Gasteiger charge is 2.27. The Morgan fingerprint density at radius 3 is 2.44 bits per heavy atom. The van der Waals surface area contributed by atoms with Crippen LogP contribution in [0, 0.1) is 11.7 Å². The molecule has 27 heavy (non-hydrogen) atoms. The van der Waals surface area contributed by atoms with Crippen molar-refractivity contribution in [3.63, 3.8) is 0 Å². The molecule has 0 fully saturated rings. The molecule has 0 saturated heterocycles. The molecule has 0 saturated carbocycles. The maximum atomic E-state index is 13.7. The first-order chi connectivity index (χ1) is 12.5. The van der Waals surface area contributed by atoms with E-state index in [1.165, 1.54) is 7.11 Å². The first kappa shape index (κ1) is 22.5. The molecule has 9 nitrogen and oxygen atoms in total. The molecule has 1 aromatic rings. The number of amides is 1. The van der Waals surface area contributed by atoms with Crippen LogP contribution in [-0.2, 0) is 29.1 Å². The van der Waals surface area contributed by atoms with Crippen LogP contribution in [0.4, 0.5) is 4.39 Å². The van der Waals surface area contributed by atoms with E-state index in [9.17, 15) is 27.2 Å². The zero-order chi connectivity index (χ0) is 20.8. The molecule has 0 spiro atoms. The molecular weight excluding hydrogens is 383 g/mol. The van der Waals surface area contributed by atoms with Crippen LogP contribution in [0.3, 0.4) is 0 Å². The summed E-state index contributed by atoms with van der Waals surface area (Å²) >= 11 is 0.